The zero-order valence-electron chi connectivity index (χ0n) is 9.04. The van der Waals surface area contributed by atoms with E-state index in [1.165, 1.54) is 0 Å². The molecule has 0 aromatic rings. The number of carbonyl (C=O) groups excluding carboxylic acids is 2. The molecule has 0 spiro atoms. The lowest BCUT2D eigenvalue weighted by atomic mass is 9.75. The van der Waals surface area contributed by atoms with E-state index in [0.717, 1.165) is 0 Å². The summed E-state index contributed by atoms with van der Waals surface area (Å²) in [6, 6.07) is 0. The fourth-order valence-corrected chi connectivity index (χ4v) is 3.26. The summed E-state index contributed by atoms with van der Waals surface area (Å²) in [4.78, 5) is 23.3. The number of hydrazine groups is 2. The van der Waals surface area contributed by atoms with Crippen LogP contribution in [-0.2, 0) is 9.59 Å². The van der Waals surface area contributed by atoms with Crippen molar-refractivity contribution in [3.05, 3.63) is 0 Å². The Hall–Kier alpha value is -1.22. The summed E-state index contributed by atoms with van der Waals surface area (Å²) >= 11 is 0. The maximum atomic E-state index is 11.6. The number of hydrogen-bond acceptors (Lipinski definition) is 6. The quantitative estimate of drug-likeness (QED) is 0.169. The summed E-state index contributed by atoms with van der Waals surface area (Å²) in [6.45, 7) is 0. The van der Waals surface area contributed by atoms with Gasteiger partial charge in [0.15, 0.2) is 0 Å². The highest BCUT2D eigenvalue weighted by Crippen LogP contribution is 2.52. The molecule has 8 N–H and O–H groups in total. The predicted molar refractivity (Wildman–Crippen MR) is 55.3 cm³/mol. The van der Waals surface area contributed by atoms with Crippen LogP contribution in [0.4, 0.5) is 0 Å². The molecule has 0 heterocycles. The molecule has 0 saturated heterocycles. The average Bonchev–Trinajstić information content (AvgIpc) is 2.85. The Balaban J connectivity index is 2.29. The van der Waals surface area contributed by atoms with Crippen LogP contribution in [0.5, 0.6) is 0 Å². The van der Waals surface area contributed by atoms with E-state index >= 15 is 0 Å². The molecule has 2 fully saturated rings. The van der Waals surface area contributed by atoms with Crippen LogP contribution >= 0.6 is 0 Å². The number of fused-ring (bicyclic) bond motifs is 2. The van der Waals surface area contributed by atoms with Crippen LogP contribution in [0.1, 0.15) is 6.42 Å². The van der Waals surface area contributed by atoms with Gasteiger partial charge in [-0.05, 0) is 6.42 Å². The van der Waals surface area contributed by atoms with Crippen molar-refractivity contribution in [1.82, 2.24) is 10.9 Å². The first-order chi connectivity index (χ1) is 8.02. The molecule has 2 aliphatic carbocycles. The molecule has 2 aliphatic rings. The zero-order chi connectivity index (χ0) is 12.7. The largest absolute Gasteiger partial charge is 0.390 e. The standard InChI is InChI=1S/C9H16N4O4/c10-12-8(16)4-2-1-3(7(15)6(2)14)5(4)9(17)13-11/h2-7,14-15H,1,10-11H2,(H,12,16)(H,13,17)/t2-,3+,4-,5+,6-,7-/m0/s1. The van der Waals surface area contributed by atoms with Gasteiger partial charge in [-0.3, -0.25) is 20.4 Å². The molecule has 2 saturated carbocycles. The molecule has 2 amide bonds. The number of carbonyl (C=O) groups is 2. The lowest BCUT2D eigenvalue weighted by molar-refractivity contribution is -0.145. The van der Waals surface area contributed by atoms with E-state index in [0.29, 0.717) is 6.42 Å². The van der Waals surface area contributed by atoms with Gasteiger partial charge in [0.1, 0.15) is 0 Å². The summed E-state index contributed by atoms with van der Waals surface area (Å²) in [5, 5.41) is 19.5. The van der Waals surface area contributed by atoms with Crippen LogP contribution in [0, 0.1) is 23.7 Å². The lowest BCUT2D eigenvalue weighted by Crippen LogP contribution is -2.54. The van der Waals surface area contributed by atoms with Crippen molar-refractivity contribution in [2.24, 2.45) is 35.4 Å². The van der Waals surface area contributed by atoms with Crippen molar-refractivity contribution < 1.29 is 19.8 Å². The second kappa shape index (κ2) is 4.22. The van der Waals surface area contributed by atoms with E-state index in [2.05, 4.69) is 0 Å². The van der Waals surface area contributed by atoms with Gasteiger partial charge >= 0.3 is 0 Å². The molecule has 0 unspecified atom stereocenters. The molecule has 0 aliphatic heterocycles. The molecule has 8 nitrogen and oxygen atoms in total. The molecule has 0 aromatic heterocycles. The molecule has 96 valence electrons. The Bertz CT molecular complexity index is 318. The normalized spacial score (nSPS) is 43.5. The first-order valence-electron chi connectivity index (χ1n) is 5.40. The first kappa shape index (κ1) is 12.2. The Labute approximate surface area is 97.3 Å². The van der Waals surface area contributed by atoms with E-state index in [4.69, 9.17) is 11.7 Å². The van der Waals surface area contributed by atoms with Crippen molar-refractivity contribution >= 4 is 11.8 Å². The molecule has 17 heavy (non-hydrogen) atoms. The Kier molecular flexibility index (Phi) is 3.04. The van der Waals surface area contributed by atoms with Crippen LogP contribution < -0.4 is 22.5 Å². The Morgan fingerprint density at radius 3 is 1.59 bits per heavy atom. The summed E-state index contributed by atoms with van der Waals surface area (Å²) in [5.74, 6) is 6.69. The fourth-order valence-electron chi connectivity index (χ4n) is 3.26. The van der Waals surface area contributed by atoms with Crippen molar-refractivity contribution in [3.63, 3.8) is 0 Å². The molecule has 8 heteroatoms. The van der Waals surface area contributed by atoms with Gasteiger partial charge in [0.25, 0.3) is 0 Å². The molecule has 2 bridgehead atoms. The highest BCUT2D eigenvalue weighted by molar-refractivity contribution is 5.88. The van der Waals surface area contributed by atoms with Crippen LogP contribution in [0.15, 0.2) is 0 Å². The van der Waals surface area contributed by atoms with Crippen molar-refractivity contribution in [1.29, 1.82) is 0 Å². The third-order valence-corrected chi connectivity index (χ3v) is 3.97. The Morgan fingerprint density at radius 1 is 0.941 bits per heavy atom. The van der Waals surface area contributed by atoms with Crippen LogP contribution in [0.2, 0.25) is 0 Å². The minimum atomic E-state index is -0.996. The second-order valence-corrected chi connectivity index (χ2v) is 4.61. The van der Waals surface area contributed by atoms with Gasteiger partial charge in [0.05, 0.1) is 24.0 Å². The van der Waals surface area contributed by atoms with Gasteiger partial charge in [0, 0.05) is 11.8 Å². The van der Waals surface area contributed by atoms with E-state index in [1.807, 2.05) is 10.9 Å². The minimum Gasteiger partial charge on any atom is -0.390 e. The number of rotatable bonds is 2. The summed E-state index contributed by atoms with van der Waals surface area (Å²) < 4.78 is 0. The van der Waals surface area contributed by atoms with Gasteiger partial charge < -0.3 is 10.2 Å². The van der Waals surface area contributed by atoms with Crippen LogP contribution in [0.25, 0.3) is 0 Å². The highest BCUT2D eigenvalue weighted by atomic mass is 16.3. The monoisotopic (exact) mass is 244 g/mol. The molecular weight excluding hydrogens is 228 g/mol. The van der Waals surface area contributed by atoms with Crippen molar-refractivity contribution in [3.8, 4) is 0 Å². The van der Waals surface area contributed by atoms with E-state index in [-0.39, 0.29) is 0 Å². The van der Waals surface area contributed by atoms with E-state index < -0.39 is 47.7 Å². The summed E-state index contributed by atoms with van der Waals surface area (Å²) in [5.41, 5.74) is 3.97. The third-order valence-electron chi connectivity index (χ3n) is 3.97. The SMILES string of the molecule is NNC(=O)[C@@H]1[C@H]2C[C@H]([C@H](O)[C@H]2O)[C@@H]1C(=O)NN. The van der Waals surface area contributed by atoms with E-state index in [1.54, 1.807) is 0 Å². The molecule has 6 atom stereocenters. The fraction of sp³-hybridized carbons (Fsp3) is 0.778. The van der Waals surface area contributed by atoms with Gasteiger partial charge in [0.2, 0.25) is 11.8 Å². The molecular formula is C9H16N4O4. The topological polar surface area (TPSA) is 151 Å². The van der Waals surface area contributed by atoms with Gasteiger partial charge in [-0.2, -0.15) is 0 Å². The number of nitrogens with two attached hydrogens (primary N) is 2. The number of hydrogen-bond donors (Lipinski definition) is 6. The maximum absolute atomic E-state index is 11.6. The molecule has 2 rings (SSSR count). The number of nitrogens with one attached hydrogen (secondary N) is 2. The molecule has 0 aromatic carbocycles. The Morgan fingerprint density at radius 2 is 1.29 bits per heavy atom. The third kappa shape index (κ3) is 1.61. The van der Waals surface area contributed by atoms with Gasteiger partial charge in [-0.1, -0.05) is 0 Å². The van der Waals surface area contributed by atoms with Crippen molar-refractivity contribution in [2.75, 3.05) is 0 Å². The van der Waals surface area contributed by atoms with Crippen molar-refractivity contribution in [2.45, 2.75) is 18.6 Å². The summed E-state index contributed by atoms with van der Waals surface area (Å²) in [6.07, 6.45) is -1.58. The highest BCUT2D eigenvalue weighted by Gasteiger charge is 2.61. The molecule has 0 radical (unpaired) electrons. The van der Waals surface area contributed by atoms with E-state index in [9.17, 15) is 19.8 Å². The van der Waals surface area contributed by atoms with Crippen LogP contribution in [0.3, 0.4) is 0 Å². The summed E-state index contributed by atoms with van der Waals surface area (Å²) in [7, 11) is 0. The van der Waals surface area contributed by atoms with Gasteiger partial charge in [-0.25, -0.2) is 11.7 Å². The van der Waals surface area contributed by atoms with Gasteiger partial charge in [-0.15, -0.1) is 0 Å². The lowest BCUT2D eigenvalue weighted by Gasteiger charge is -2.34. The average molecular weight is 244 g/mol. The maximum Gasteiger partial charge on any atom is 0.238 e. The first-order valence-corrected chi connectivity index (χ1v) is 5.40. The smallest absolute Gasteiger partial charge is 0.238 e. The number of amides is 2. The minimum absolute atomic E-state index is 0.415. The number of aliphatic hydroxyl groups is 2. The zero-order valence-corrected chi connectivity index (χ0v) is 9.04. The predicted octanol–water partition coefficient (Wildman–Crippen LogP) is -3.43. The second-order valence-electron chi connectivity index (χ2n) is 4.61. The van der Waals surface area contributed by atoms with Crippen LogP contribution in [-0.4, -0.2) is 34.2 Å². The number of aliphatic hydroxyl groups excluding tert-OH is 2.